The quantitative estimate of drug-likeness (QED) is 0.234. The number of pyridine rings is 2. The molecular weight excluding hydrogens is 567 g/mol. The van der Waals surface area contributed by atoms with Gasteiger partial charge in [-0.1, -0.05) is 13.8 Å². The molecule has 12 nitrogen and oxygen atoms in total. The van der Waals surface area contributed by atoms with Crippen LogP contribution < -0.4 is 19.7 Å². The van der Waals surface area contributed by atoms with Gasteiger partial charge in [-0.3, -0.25) is 19.4 Å². The number of aliphatic hydroxyl groups excluding tert-OH is 2. The van der Waals surface area contributed by atoms with Crippen molar-refractivity contribution in [3.05, 3.63) is 42.0 Å². The summed E-state index contributed by atoms with van der Waals surface area (Å²) >= 11 is 0. The molecule has 2 aliphatic heterocycles. The molecule has 42 heavy (non-hydrogen) atoms. The SMILES string of the molecule is CC(C)NCCOc1ncc(-c2cc3c4c(cnc3cc2F)N(C)C(=O)C42CN(C[C@@H](O)CO)C2)cc1NS(C)(=O)=O. The fraction of sp³-hybridized carbons (Fsp3) is 0.464. The van der Waals surface area contributed by atoms with Gasteiger partial charge in [0.2, 0.25) is 21.8 Å². The third-order valence-electron chi connectivity index (χ3n) is 7.51. The lowest BCUT2D eigenvalue weighted by Crippen LogP contribution is -2.64. The van der Waals surface area contributed by atoms with E-state index in [0.29, 0.717) is 41.8 Å². The number of likely N-dealkylation sites (N-methyl/N-ethyl adjacent to an activating group) is 1. The number of hydrogen-bond acceptors (Lipinski definition) is 10. The molecule has 1 fully saturated rings. The summed E-state index contributed by atoms with van der Waals surface area (Å²) in [5.74, 6) is -0.656. The number of fused-ring (bicyclic) bond motifs is 4. The smallest absolute Gasteiger partial charge is 0.240 e. The number of aliphatic hydroxyl groups is 2. The number of anilines is 2. The van der Waals surface area contributed by atoms with Crippen LogP contribution in [0.5, 0.6) is 5.88 Å². The third kappa shape index (κ3) is 5.64. The Morgan fingerprint density at radius 1 is 1.19 bits per heavy atom. The van der Waals surface area contributed by atoms with Gasteiger partial charge < -0.3 is 25.2 Å². The summed E-state index contributed by atoms with van der Waals surface area (Å²) in [6, 6.07) is 4.62. The number of sulfonamides is 1. The molecule has 1 aromatic carbocycles. The molecule has 2 aliphatic rings. The Morgan fingerprint density at radius 3 is 2.60 bits per heavy atom. The van der Waals surface area contributed by atoms with Gasteiger partial charge >= 0.3 is 0 Å². The highest BCUT2D eigenvalue weighted by Gasteiger charge is 2.58. The van der Waals surface area contributed by atoms with Gasteiger partial charge in [-0.15, -0.1) is 0 Å². The minimum atomic E-state index is -3.71. The number of amides is 1. The second-order valence-electron chi connectivity index (χ2n) is 11.2. The minimum absolute atomic E-state index is 0.0595. The van der Waals surface area contributed by atoms with Gasteiger partial charge in [0.25, 0.3) is 0 Å². The predicted molar refractivity (Wildman–Crippen MR) is 157 cm³/mol. The van der Waals surface area contributed by atoms with E-state index in [-0.39, 0.29) is 48.8 Å². The molecule has 226 valence electrons. The van der Waals surface area contributed by atoms with Crippen LogP contribution in [0, 0.1) is 5.82 Å². The van der Waals surface area contributed by atoms with E-state index in [1.165, 1.54) is 18.3 Å². The topological polar surface area (TPSA) is 157 Å². The van der Waals surface area contributed by atoms with Gasteiger partial charge in [0, 0.05) is 73.6 Å². The summed E-state index contributed by atoms with van der Waals surface area (Å²) in [5.41, 5.74) is 1.32. The van der Waals surface area contributed by atoms with Crippen LogP contribution in [0.1, 0.15) is 19.4 Å². The number of likely N-dealkylation sites (tertiary alicyclic amines) is 1. The molecule has 5 rings (SSSR count). The molecule has 0 radical (unpaired) electrons. The molecule has 1 atom stereocenters. The average Bonchev–Trinajstić information content (AvgIpc) is 3.12. The fourth-order valence-corrected chi connectivity index (χ4v) is 6.24. The van der Waals surface area contributed by atoms with E-state index in [0.717, 1.165) is 11.8 Å². The van der Waals surface area contributed by atoms with Gasteiger partial charge in [-0.2, -0.15) is 0 Å². The normalized spacial score (nSPS) is 17.1. The van der Waals surface area contributed by atoms with Crippen molar-refractivity contribution in [1.29, 1.82) is 0 Å². The van der Waals surface area contributed by atoms with Crippen LogP contribution in [-0.2, 0) is 20.2 Å². The number of rotatable bonds is 11. The monoisotopic (exact) mass is 602 g/mol. The Kier molecular flexibility index (Phi) is 8.11. The highest BCUT2D eigenvalue weighted by molar-refractivity contribution is 7.92. The zero-order valence-corrected chi connectivity index (χ0v) is 24.7. The first-order valence-corrected chi connectivity index (χ1v) is 15.5. The molecular formula is C28H35FN6O6S. The molecule has 1 spiro atoms. The van der Waals surface area contributed by atoms with E-state index in [4.69, 9.17) is 4.74 Å². The summed E-state index contributed by atoms with van der Waals surface area (Å²) in [4.78, 5) is 25.6. The largest absolute Gasteiger partial charge is 0.475 e. The maximum Gasteiger partial charge on any atom is 0.240 e. The molecule has 2 aromatic heterocycles. The maximum absolute atomic E-state index is 15.6. The third-order valence-corrected chi connectivity index (χ3v) is 8.10. The van der Waals surface area contributed by atoms with Gasteiger partial charge in [-0.25, -0.2) is 17.8 Å². The van der Waals surface area contributed by atoms with E-state index in [9.17, 15) is 23.4 Å². The first-order valence-electron chi connectivity index (χ1n) is 13.6. The summed E-state index contributed by atoms with van der Waals surface area (Å²) < 4.78 is 47.9. The Labute approximate surface area is 243 Å². The highest BCUT2D eigenvalue weighted by atomic mass is 32.2. The van der Waals surface area contributed by atoms with Crippen LogP contribution in [0.25, 0.3) is 22.0 Å². The number of carbonyl (C=O) groups is 1. The van der Waals surface area contributed by atoms with E-state index in [1.54, 1.807) is 24.2 Å². The van der Waals surface area contributed by atoms with Crippen molar-refractivity contribution in [1.82, 2.24) is 20.2 Å². The van der Waals surface area contributed by atoms with Crippen molar-refractivity contribution in [2.45, 2.75) is 31.4 Å². The Morgan fingerprint density at radius 2 is 1.93 bits per heavy atom. The number of carbonyl (C=O) groups excluding carboxylic acids is 1. The molecule has 0 bridgehead atoms. The van der Waals surface area contributed by atoms with Crippen molar-refractivity contribution < 1.29 is 32.6 Å². The lowest BCUT2D eigenvalue weighted by atomic mass is 9.73. The number of ether oxygens (including phenoxy) is 1. The Balaban J connectivity index is 1.56. The van der Waals surface area contributed by atoms with E-state index >= 15 is 4.39 Å². The molecule has 0 unspecified atom stereocenters. The summed E-state index contributed by atoms with van der Waals surface area (Å²) in [6.45, 7) is 5.23. The molecule has 4 heterocycles. The minimum Gasteiger partial charge on any atom is -0.475 e. The lowest BCUT2D eigenvalue weighted by molar-refractivity contribution is -0.130. The van der Waals surface area contributed by atoms with Crippen LogP contribution in [0.15, 0.2) is 30.6 Å². The van der Waals surface area contributed by atoms with Crippen LogP contribution >= 0.6 is 0 Å². The fourth-order valence-electron chi connectivity index (χ4n) is 5.70. The highest BCUT2D eigenvalue weighted by Crippen LogP contribution is 2.50. The van der Waals surface area contributed by atoms with Crippen LogP contribution in [0.2, 0.25) is 0 Å². The second kappa shape index (κ2) is 11.3. The maximum atomic E-state index is 15.6. The van der Waals surface area contributed by atoms with Gasteiger partial charge in [0.15, 0.2) is 0 Å². The molecule has 1 saturated heterocycles. The first-order chi connectivity index (χ1) is 19.8. The van der Waals surface area contributed by atoms with Crippen molar-refractivity contribution in [2.75, 3.05) is 62.3 Å². The van der Waals surface area contributed by atoms with Crippen molar-refractivity contribution in [3.8, 4) is 17.0 Å². The standard InChI is InChI=1S/C28H35FN6O6S/c1-16(2)30-5-6-41-26-23(33-42(4,39)40)7-17(10-32-26)19-8-20-22(9-21(19)29)31-11-24-25(20)28(27(38)34(24)3)14-35(15-28)12-18(37)13-36/h7-11,16,18,30,33,36-37H,5-6,12-15H2,1-4H3/t18-/m1/s1. The zero-order valence-electron chi connectivity index (χ0n) is 23.9. The molecule has 0 saturated carbocycles. The molecule has 0 aliphatic carbocycles. The summed E-state index contributed by atoms with van der Waals surface area (Å²) in [6.07, 6.45) is 3.05. The number of nitrogens with one attached hydrogen (secondary N) is 2. The number of halogens is 1. The average molecular weight is 603 g/mol. The molecule has 14 heteroatoms. The van der Waals surface area contributed by atoms with E-state index in [2.05, 4.69) is 20.0 Å². The van der Waals surface area contributed by atoms with E-state index < -0.39 is 27.4 Å². The molecule has 3 aromatic rings. The molecule has 4 N–H and O–H groups in total. The number of β-amino-alcohol motifs (C(OH)–C–C–N with tert-alkyl or cyclic N) is 1. The van der Waals surface area contributed by atoms with Crippen molar-refractivity contribution in [3.63, 3.8) is 0 Å². The first kappa shape index (κ1) is 30.0. The number of aromatic nitrogens is 2. The number of hydrogen-bond donors (Lipinski definition) is 4. The van der Waals surface area contributed by atoms with E-state index in [1.807, 2.05) is 18.7 Å². The van der Waals surface area contributed by atoms with Crippen LogP contribution in [0.4, 0.5) is 15.8 Å². The van der Waals surface area contributed by atoms with Crippen LogP contribution in [-0.4, -0.2) is 104 Å². The molecule has 1 amide bonds. The predicted octanol–water partition coefficient (Wildman–Crippen LogP) is 1.07. The number of benzene rings is 1. The van der Waals surface area contributed by atoms with Crippen molar-refractivity contribution >= 4 is 38.2 Å². The summed E-state index contributed by atoms with van der Waals surface area (Å²) in [5, 5.41) is 22.9. The van der Waals surface area contributed by atoms with Crippen molar-refractivity contribution in [2.24, 2.45) is 0 Å². The van der Waals surface area contributed by atoms with Gasteiger partial charge in [-0.05, 0) is 12.1 Å². The summed E-state index contributed by atoms with van der Waals surface area (Å²) in [7, 11) is -2.04. The zero-order chi connectivity index (χ0) is 30.4. The Hall–Kier alpha value is -3.43. The Bertz CT molecular complexity index is 1630. The van der Waals surface area contributed by atoms with Gasteiger partial charge in [0.1, 0.15) is 23.5 Å². The number of nitrogens with zero attached hydrogens (tertiary/aromatic N) is 4. The lowest BCUT2D eigenvalue weighted by Gasteiger charge is -2.47. The van der Waals surface area contributed by atoms with Gasteiger partial charge in [0.05, 0.1) is 36.4 Å². The van der Waals surface area contributed by atoms with Crippen LogP contribution in [0.3, 0.4) is 0 Å². The second-order valence-corrected chi connectivity index (χ2v) is 13.0.